The maximum atomic E-state index is 11.3. The Morgan fingerprint density at radius 3 is 3.10 bits per heavy atom. The van der Waals surface area contributed by atoms with Gasteiger partial charge in [-0.15, -0.1) is 5.10 Å². The summed E-state index contributed by atoms with van der Waals surface area (Å²) in [5, 5.41) is 17.8. The Labute approximate surface area is 114 Å². The van der Waals surface area contributed by atoms with Gasteiger partial charge in [0.05, 0.1) is 5.92 Å². The maximum absolute atomic E-state index is 11.3. The highest BCUT2D eigenvalue weighted by Crippen LogP contribution is 2.21. The summed E-state index contributed by atoms with van der Waals surface area (Å²) in [6.07, 6.45) is 1.33. The molecule has 20 heavy (non-hydrogen) atoms. The van der Waals surface area contributed by atoms with Crippen molar-refractivity contribution >= 4 is 24.0 Å². The third-order valence-electron chi connectivity index (χ3n) is 2.85. The van der Waals surface area contributed by atoms with Crippen LogP contribution < -0.4 is 10.2 Å². The number of carbonyl (C=O) groups is 2. The molecular weight excluding hydrogens is 266 g/mol. The number of aliphatic carboxylic acids is 1. The van der Waals surface area contributed by atoms with Crippen molar-refractivity contribution in [3.05, 3.63) is 12.7 Å². The first kappa shape index (κ1) is 13.8. The van der Waals surface area contributed by atoms with Crippen LogP contribution in [0.25, 0.3) is 0 Å². The van der Waals surface area contributed by atoms with Gasteiger partial charge in [0, 0.05) is 13.1 Å². The van der Waals surface area contributed by atoms with Crippen LogP contribution in [0.2, 0.25) is 0 Å². The smallest absolute Gasteiger partial charge is 0.414 e. The Morgan fingerprint density at radius 1 is 1.65 bits per heavy atom. The van der Waals surface area contributed by atoms with Gasteiger partial charge in [0.1, 0.15) is 6.61 Å². The fourth-order valence-corrected chi connectivity index (χ4v) is 1.86. The maximum Gasteiger partial charge on any atom is 0.414 e. The molecule has 1 aromatic heterocycles. The average molecular weight is 281 g/mol. The van der Waals surface area contributed by atoms with Crippen molar-refractivity contribution in [1.29, 1.82) is 0 Å². The lowest BCUT2D eigenvalue weighted by Crippen LogP contribution is -2.23. The summed E-state index contributed by atoms with van der Waals surface area (Å²) in [4.78, 5) is 28.0. The van der Waals surface area contributed by atoms with Crippen LogP contribution in [-0.4, -0.2) is 52.0 Å². The van der Waals surface area contributed by atoms with Gasteiger partial charge in [-0.2, -0.15) is 4.98 Å². The number of ether oxygens (including phenoxy) is 1. The molecule has 1 unspecified atom stereocenters. The molecule has 0 radical (unpaired) electrons. The molecule has 0 bridgehead atoms. The average Bonchev–Trinajstić information content (AvgIpc) is 3.04. The van der Waals surface area contributed by atoms with E-state index < -0.39 is 18.0 Å². The van der Waals surface area contributed by atoms with E-state index in [-0.39, 0.29) is 12.6 Å². The second-order valence-corrected chi connectivity index (χ2v) is 4.27. The fraction of sp³-hybridized carbons (Fsp3) is 0.455. The molecule has 108 valence electrons. The Hall–Kier alpha value is -2.58. The van der Waals surface area contributed by atoms with E-state index in [0.29, 0.717) is 25.5 Å². The predicted molar refractivity (Wildman–Crippen MR) is 69.5 cm³/mol. The van der Waals surface area contributed by atoms with E-state index in [4.69, 9.17) is 9.84 Å². The fourth-order valence-electron chi connectivity index (χ4n) is 1.86. The third-order valence-corrected chi connectivity index (χ3v) is 2.85. The second kappa shape index (κ2) is 6.04. The van der Waals surface area contributed by atoms with Crippen molar-refractivity contribution in [2.24, 2.45) is 5.92 Å². The van der Waals surface area contributed by atoms with Gasteiger partial charge in [-0.3, -0.25) is 10.1 Å². The Morgan fingerprint density at radius 2 is 2.45 bits per heavy atom. The Bertz CT molecular complexity index is 515. The second-order valence-electron chi connectivity index (χ2n) is 4.27. The van der Waals surface area contributed by atoms with E-state index >= 15 is 0 Å². The van der Waals surface area contributed by atoms with Crippen molar-refractivity contribution in [1.82, 2.24) is 15.2 Å². The van der Waals surface area contributed by atoms with Crippen molar-refractivity contribution in [2.75, 3.05) is 29.9 Å². The molecule has 0 aliphatic carbocycles. The summed E-state index contributed by atoms with van der Waals surface area (Å²) < 4.78 is 4.73. The minimum absolute atomic E-state index is 0.0965. The standard InChI is InChI=1S/C11H15N5O4/c1-2-5-20-11(19)13-9-12-10(15-14-9)16-4-3-7(6-16)8(17)18/h2,7H,1,3-6H2,(H,17,18)(H2,12,13,14,15,19). The first-order valence-corrected chi connectivity index (χ1v) is 6.05. The molecule has 2 rings (SSSR count). The zero-order chi connectivity index (χ0) is 14.5. The topological polar surface area (TPSA) is 120 Å². The molecule has 1 aliphatic rings. The number of nitrogens with one attached hydrogen (secondary N) is 2. The molecule has 2 heterocycles. The lowest BCUT2D eigenvalue weighted by atomic mass is 10.1. The van der Waals surface area contributed by atoms with Crippen LogP contribution in [0, 0.1) is 5.92 Å². The number of aromatic amines is 1. The zero-order valence-corrected chi connectivity index (χ0v) is 10.7. The van der Waals surface area contributed by atoms with E-state index in [1.54, 1.807) is 4.90 Å². The highest BCUT2D eigenvalue weighted by molar-refractivity contribution is 5.82. The number of hydrogen-bond acceptors (Lipinski definition) is 6. The van der Waals surface area contributed by atoms with Crippen LogP contribution in [0.1, 0.15) is 6.42 Å². The molecule has 9 nitrogen and oxygen atoms in total. The quantitative estimate of drug-likeness (QED) is 0.670. The zero-order valence-electron chi connectivity index (χ0n) is 10.7. The normalized spacial score (nSPS) is 17.8. The molecule has 1 atom stereocenters. The van der Waals surface area contributed by atoms with E-state index in [1.165, 1.54) is 6.08 Å². The number of amides is 1. The van der Waals surface area contributed by atoms with Crippen LogP contribution >= 0.6 is 0 Å². The molecule has 1 amide bonds. The van der Waals surface area contributed by atoms with Crippen LogP contribution in [0.4, 0.5) is 16.7 Å². The minimum atomic E-state index is -0.825. The van der Waals surface area contributed by atoms with Crippen molar-refractivity contribution in [3.8, 4) is 0 Å². The molecule has 1 saturated heterocycles. The van der Waals surface area contributed by atoms with E-state index in [2.05, 4.69) is 27.1 Å². The predicted octanol–water partition coefficient (Wildman–Crippen LogP) is 0.450. The van der Waals surface area contributed by atoms with Crippen LogP contribution in [-0.2, 0) is 9.53 Å². The minimum Gasteiger partial charge on any atom is -0.481 e. The summed E-state index contributed by atoms with van der Waals surface area (Å²) in [7, 11) is 0. The van der Waals surface area contributed by atoms with Crippen molar-refractivity contribution in [2.45, 2.75) is 6.42 Å². The van der Waals surface area contributed by atoms with Gasteiger partial charge in [0.15, 0.2) is 0 Å². The van der Waals surface area contributed by atoms with E-state index in [0.717, 1.165) is 0 Å². The number of H-pyrrole nitrogens is 1. The molecule has 3 N–H and O–H groups in total. The van der Waals surface area contributed by atoms with Gasteiger partial charge in [-0.1, -0.05) is 12.7 Å². The number of aromatic nitrogens is 3. The van der Waals surface area contributed by atoms with Gasteiger partial charge in [0.25, 0.3) is 0 Å². The van der Waals surface area contributed by atoms with Gasteiger partial charge >= 0.3 is 12.1 Å². The van der Waals surface area contributed by atoms with Crippen LogP contribution in [0.15, 0.2) is 12.7 Å². The first-order valence-electron chi connectivity index (χ1n) is 6.05. The highest BCUT2D eigenvalue weighted by Gasteiger charge is 2.30. The van der Waals surface area contributed by atoms with E-state index in [1.807, 2.05) is 0 Å². The number of hydrogen-bond donors (Lipinski definition) is 3. The van der Waals surface area contributed by atoms with Crippen LogP contribution in [0.3, 0.4) is 0 Å². The number of rotatable bonds is 5. The molecule has 0 spiro atoms. The van der Waals surface area contributed by atoms with Gasteiger partial charge in [-0.25, -0.2) is 9.89 Å². The van der Waals surface area contributed by atoms with Crippen LogP contribution in [0.5, 0.6) is 0 Å². The SMILES string of the molecule is C=CCOC(=O)Nc1nc(N2CCC(C(=O)O)C2)n[nH]1. The lowest BCUT2D eigenvalue weighted by molar-refractivity contribution is -0.140. The summed E-state index contributed by atoms with van der Waals surface area (Å²) in [5.41, 5.74) is 0. The Balaban J connectivity index is 1.91. The molecular formula is C11H15N5O4. The summed E-state index contributed by atoms with van der Waals surface area (Å²) >= 11 is 0. The summed E-state index contributed by atoms with van der Waals surface area (Å²) in [6.45, 7) is 4.44. The van der Waals surface area contributed by atoms with Gasteiger partial charge in [0.2, 0.25) is 11.9 Å². The molecule has 1 aliphatic heterocycles. The summed E-state index contributed by atoms with van der Waals surface area (Å²) in [5.74, 6) is -0.738. The van der Waals surface area contributed by atoms with Gasteiger partial charge < -0.3 is 14.7 Å². The number of carboxylic acids is 1. The number of anilines is 2. The molecule has 0 aromatic carbocycles. The monoisotopic (exact) mass is 281 g/mol. The molecule has 1 fully saturated rings. The number of carbonyl (C=O) groups excluding carboxylic acids is 1. The molecule has 0 saturated carbocycles. The van der Waals surface area contributed by atoms with Gasteiger partial charge in [-0.05, 0) is 6.42 Å². The molecule has 9 heteroatoms. The third kappa shape index (κ3) is 3.25. The summed E-state index contributed by atoms with van der Waals surface area (Å²) in [6, 6.07) is 0. The molecule has 1 aromatic rings. The van der Waals surface area contributed by atoms with Crippen molar-refractivity contribution in [3.63, 3.8) is 0 Å². The largest absolute Gasteiger partial charge is 0.481 e. The first-order chi connectivity index (χ1) is 9.60. The Kier molecular flexibility index (Phi) is 4.18. The van der Waals surface area contributed by atoms with Crippen molar-refractivity contribution < 1.29 is 19.4 Å². The number of nitrogens with zero attached hydrogens (tertiary/aromatic N) is 3. The number of carboxylic acid groups (broad SMARTS) is 1. The lowest BCUT2D eigenvalue weighted by Gasteiger charge is -2.11. The van der Waals surface area contributed by atoms with E-state index in [9.17, 15) is 9.59 Å². The highest BCUT2D eigenvalue weighted by atomic mass is 16.5.